The molecule has 5 heteroatoms. The molecule has 0 bridgehead atoms. The normalized spacial score (nSPS) is 17.1. The van der Waals surface area contributed by atoms with Crippen LogP contribution in [0.3, 0.4) is 0 Å². The first-order chi connectivity index (χ1) is 9.25. The molecule has 2 heterocycles. The number of hydrogen-bond acceptors (Lipinski definition) is 3. The van der Waals surface area contributed by atoms with Gasteiger partial charge in [-0.05, 0) is 41.9 Å². The molecule has 1 aliphatic rings. The lowest BCUT2D eigenvalue weighted by atomic mass is 10.2. The number of amides is 1. The first-order valence-electron chi connectivity index (χ1n) is 5.71. The topological polar surface area (TPSA) is 32.3 Å². The molecule has 1 aliphatic heterocycles. The van der Waals surface area contributed by atoms with Gasteiger partial charge in [0.1, 0.15) is 5.70 Å². The van der Waals surface area contributed by atoms with Crippen molar-refractivity contribution in [1.82, 2.24) is 5.32 Å². The Morgan fingerprint density at radius 1 is 1.16 bits per heavy atom. The van der Waals surface area contributed by atoms with Crippen LogP contribution in [-0.4, -0.2) is 11.0 Å². The zero-order chi connectivity index (χ0) is 13.2. The molecule has 0 aliphatic carbocycles. The maximum absolute atomic E-state index is 12.0. The average molecular weight is 286 g/mol. The monoisotopic (exact) mass is 286 g/mol. The summed E-state index contributed by atoms with van der Waals surface area (Å²) in [5.41, 5.74) is 1.44. The third-order valence-electron chi connectivity index (χ3n) is 2.73. The van der Waals surface area contributed by atoms with Gasteiger partial charge < -0.3 is 0 Å². The second kappa shape index (κ2) is 4.95. The Kier molecular flexibility index (Phi) is 3.15. The van der Waals surface area contributed by atoms with Crippen LogP contribution in [0.4, 0.5) is 5.69 Å². The van der Waals surface area contributed by atoms with Crippen LogP contribution < -0.4 is 10.2 Å². The van der Waals surface area contributed by atoms with E-state index in [9.17, 15) is 4.79 Å². The lowest BCUT2D eigenvalue weighted by molar-refractivity contribution is -0.115. The fourth-order valence-corrected chi connectivity index (χ4v) is 2.85. The minimum absolute atomic E-state index is 0.165. The van der Waals surface area contributed by atoms with Crippen molar-refractivity contribution in [2.24, 2.45) is 0 Å². The molecule has 2 aromatic rings. The number of carbonyl (C=O) groups excluding carboxylic acids is 1. The van der Waals surface area contributed by atoms with E-state index in [0.29, 0.717) is 10.8 Å². The molecule has 0 radical (unpaired) electrons. The maximum Gasteiger partial charge on any atom is 0.274 e. The molecule has 1 saturated heterocycles. The van der Waals surface area contributed by atoms with E-state index in [0.717, 1.165) is 10.6 Å². The molecule has 0 spiro atoms. The van der Waals surface area contributed by atoms with Crippen LogP contribution in [-0.2, 0) is 4.79 Å². The van der Waals surface area contributed by atoms with Gasteiger partial charge in [-0.2, -0.15) is 0 Å². The van der Waals surface area contributed by atoms with Crippen molar-refractivity contribution < 1.29 is 4.79 Å². The minimum Gasteiger partial charge on any atom is -0.297 e. The second-order valence-electron chi connectivity index (χ2n) is 3.98. The van der Waals surface area contributed by atoms with Gasteiger partial charge in [-0.25, -0.2) is 0 Å². The molecule has 0 saturated carbocycles. The van der Waals surface area contributed by atoms with Crippen LogP contribution >= 0.6 is 23.6 Å². The number of hydrogen-bond donors (Lipinski definition) is 1. The van der Waals surface area contributed by atoms with E-state index < -0.39 is 0 Å². The summed E-state index contributed by atoms with van der Waals surface area (Å²) in [7, 11) is 0. The second-order valence-corrected chi connectivity index (χ2v) is 5.34. The lowest BCUT2D eigenvalue weighted by Gasteiger charge is -2.17. The standard InChI is InChI=1S/C14H10N2OS2/c17-13-12(9-11-7-4-8-19-11)16(14(18)15-13)10-5-2-1-3-6-10/h1-9H,(H,15,17,18). The summed E-state index contributed by atoms with van der Waals surface area (Å²) in [5, 5.41) is 5.08. The van der Waals surface area contributed by atoms with Gasteiger partial charge in [0, 0.05) is 10.6 Å². The van der Waals surface area contributed by atoms with Crippen LogP contribution in [0, 0.1) is 0 Å². The largest absolute Gasteiger partial charge is 0.297 e. The smallest absolute Gasteiger partial charge is 0.274 e. The van der Waals surface area contributed by atoms with Crippen molar-refractivity contribution >= 4 is 46.3 Å². The van der Waals surface area contributed by atoms with E-state index in [4.69, 9.17) is 12.2 Å². The van der Waals surface area contributed by atoms with Crippen LogP contribution in [0.25, 0.3) is 6.08 Å². The molecule has 0 atom stereocenters. The number of para-hydroxylation sites is 1. The van der Waals surface area contributed by atoms with Gasteiger partial charge in [0.2, 0.25) is 0 Å². The predicted molar refractivity (Wildman–Crippen MR) is 82.0 cm³/mol. The number of nitrogens with zero attached hydrogens (tertiary/aromatic N) is 1. The van der Waals surface area contributed by atoms with Gasteiger partial charge in [-0.15, -0.1) is 11.3 Å². The highest BCUT2D eigenvalue weighted by Gasteiger charge is 2.31. The average Bonchev–Trinajstić information content (AvgIpc) is 3.00. The highest BCUT2D eigenvalue weighted by Crippen LogP contribution is 2.26. The van der Waals surface area contributed by atoms with Gasteiger partial charge in [-0.3, -0.25) is 15.0 Å². The molecular formula is C14H10N2OS2. The number of rotatable bonds is 2. The molecule has 1 N–H and O–H groups in total. The number of benzene rings is 1. The fraction of sp³-hybridized carbons (Fsp3) is 0. The SMILES string of the molecule is O=C1NC(=S)N(c2ccccc2)C1=Cc1cccs1. The Bertz CT molecular complexity index is 647. The summed E-state index contributed by atoms with van der Waals surface area (Å²) in [5.74, 6) is -0.165. The minimum atomic E-state index is -0.165. The molecule has 94 valence electrons. The first kappa shape index (κ1) is 12.1. The molecular weight excluding hydrogens is 276 g/mol. The lowest BCUT2D eigenvalue weighted by Crippen LogP contribution is -2.26. The quantitative estimate of drug-likeness (QED) is 0.680. The summed E-state index contributed by atoms with van der Waals surface area (Å²) in [6, 6.07) is 13.5. The van der Waals surface area contributed by atoms with Crippen LogP contribution in [0.15, 0.2) is 53.5 Å². The van der Waals surface area contributed by atoms with Gasteiger partial charge >= 0.3 is 0 Å². The molecule has 0 unspecified atom stereocenters. The third kappa shape index (κ3) is 2.30. The number of nitrogens with one attached hydrogen (secondary N) is 1. The molecule has 3 rings (SSSR count). The van der Waals surface area contributed by atoms with E-state index in [2.05, 4.69) is 5.32 Å². The van der Waals surface area contributed by atoms with Crippen LogP contribution in [0.5, 0.6) is 0 Å². The first-order valence-corrected chi connectivity index (χ1v) is 7.00. The summed E-state index contributed by atoms with van der Waals surface area (Å²) >= 11 is 6.81. The van der Waals surface area contributed by atoms with Crippen molar-refractivity contribution in [2.75, 3.05) is 4.90 Å². The summed E-state index contributed by atoms with van der Waals surface area (Å²) in [4.78, 5) is 14.8. The van der Waals surface area contributed by atoms with Gasteiger partial charge in [0.25, 0.3) is 5.91 Å². The van der Waals surface area contributed by atoms with E-state index in [-0.39, 0.29) is 5.91 Å². The van der Waals surface area contributed by atoms with E-state index in [1.807, 2.05) is 53.9 Å². The van der Waals surface area contributed by atoms with E-state index >= 15 is 0 Å². The van der Waals surface area contributed by atoms with Crippen molar-refractivity contribution in [3.63, 3.8) is 0 Å². The van der Waals surface area contributed by atoms with Gasteiger partial charge in [0.05, 0.1) is 0 Å². The highest BCUT2D eigenvalue weighted by atomic mass is 32.1. The van der Waals surface area contributed by atoms with E-state index in [1.165, 1.54) is 0 Å². The van der Waals surface area contributed by atoms with Crippen molar-refractivity contribution in [2.45, 2.75) is 0 Å². The Labute approximate surface area is 120 Å². The highest BCUT2D eigenvalue weighted by molar-refractivity contribution is 7.80. The van der Waals surface area contributed by atoms with Crippen molar-refractivity contribution in [3.05, 3.63) is 58.4 Å². The number of anilines is 1. The summed E-state index contributed by atoms with van der Waals surface area (Å²) in [6.07, 6.45) is 1.85. The zero-order valence-electron chi connectivity index (χ0n) is 9.87. The Balaban J connectivity index is 2.06. The number of thiocarbonyl (C=S) groups is 1. The maximum atomic E-state index is 12.0. The van der Waals surface area contributed by atoms with Crippen LogP contribution in [0.2, 0.25) is 0 Å². The molecule has 1 aromatic carbocycles. The van der Waals surface area contributed by atoms with Crippen molar-refractivity contribution in [3.8, 4) is 0 Å². The molecule has 19 heavy (non-hydrogen) atoms. The van der Waals surface area contributed by atoms with E-state index in [1.54, 1.807) is 16.2 Å². The third-order valence-corrected chi connectivity index (χ3v) is 3.84. The van der Waals surface area contributed by atoms with Crippen LogP contribution in [0.1, 0.15) is 4.88 Å². The van der Waals surface area contributed by atoms with Gasteiger partial charge in [-0.1, -0.05) is 24.3 Å². The van der Waals surface area contributed by atoms with Gasteiger partial charge in [0.15, 0.2) is 5.11 Å². The van der Waals surface area contributed by atoms with Crippen molar-refractivity contribution in [1.29, 1.82) is 0 Å². The molecule has 1 aromatic heterocycles. The molecule has 3 nitrogen and oxygen atoms in total. The zero-order valence-corrected chi connectivity index (χ0v) is 11.5. The Morgan fingerprint density at radius 3 is 2.63 bits per heavy atom. The summed E-state index contributed by atoms with van der Waals surface area (Å²) in [6.45, 7) is 0. The fourth-order valence-electron chi connectivity index (χ4n) is 1.90. The number of thiophene rings is 1. The number of carbonyl (C=O) groups is 1. The molecule has 1 fully saturated rings. The predicted octanol–water partition coefficient (Wildman–Crippen LogP) is 3.01. The Morgan fingerprint density at radius 2 is 1.95 bits per heavy atom. The Hall–Kier alpha value is -1.98. The summed E-state index contributed by atoms with van der Waals surface area (Å²) < 4.78 is 0. The molecule has 1 amide bonds.